The van der Waals surface area contributed by atoms with Crippen molar-refractivity contribution in [2.75, 3.05) is 0 Å². The number of hydrogen-bond donors (Lipinski definition) is 0. The van der Waals surface area contributed by atoms with E-state index in [1.165, 1.54) is 12.1 Å². The van der Waals surface area contributed by atoms with Crippen molar-refractivity contribution < 1.29 is 18.3 Å². The molecular formula is C14H11BrF2O2. The van der Waals surface area contributed by atoms with E-state index in [1.54, 1.807) is 12.1 Å². The summed E-state index contributed by atoms with van der Waals surface area (Å²) in [6, 6.07) is 13.9. The summed E-state index contributed by atoms with van der Waals surface area (Å²) in [6.07, 6.45) is 0. The van der Waals surface area contributed by atoms with Crippen LogP contribution < -0.4 is 9.47 Å². The van der Waals surface area contributed by atoms with Crippen LogP contribution in [0.5, 0.6) is 11.5 Å². The lowest BCUT2D eigenvalue weighted by molar-refractivity contribution is -0.0498. The molecule has 19 heavy (non-hydrogen) atoms. The molecule has 0 saturated heterocycles. The Morgan fingerprint density at radius 3 is 2.32 bits per heavy atom. The summed E-state index contributed by atoms with van der Waals surface area (Å²) >= 11 is 3.38. The first-order valence-corrected chi connectivity index (χ1v) is 6.35. The molecule has 0 unspecified atom stereocenters. The van der Waals surface area contributed by atoms with Gasteiger partial charge < -0.3 is 9.47 Å². The van der Waals surface area contributed by atoms with Crippen LogP contribution in [0.4, 0.5) is 8.78 Å². The summed E-state index contributed by atoms with van der Waals surface area (Å²) in [5.41, 5.74) is 0.873. The van der Waals surface area contributed by atoms with Crippen LogP contribution in [0, 0.1) is 0 Å². The monoisotopic (exact) mass is 328 g/mol. The highest BCUT2D eigenvalue weighted by molar-refractivity contribution is 9.10. The van der Waals surface area contributed by atoms with Crippen LogP contribution in [-0.4, -0.2) is 6.61 Å². The molecular weight excluding hydrogens is 318 g/mol. The van der Waals surface area contributed by atoms with Gasteiger partial charge in [-0.15, -0.1) is 0 Å². The number of hydrogen-bond acceptors (Lipinski definition) is 2. The molecule has 0 saturated carbocycles. The summed E-state index contributed by atoms with van der Waals surface area (Å²) in [4.78, 5) is 0. The topological polar surface area (TPSA) is 18.5 Å². The van der Waals surface area contributed by atoms with Gasteiger partial charge in [0.2, 0.25) is 0 Å². The van der Waals surface area contributed by atoms with Crippen LogP contribution in [0.15, 0.2) is 53.0 Å². The van der Waals surface area contributed by atoms with E-state index in [0.717, 1.165) is 15.8 Å². The quantitative estimate of drug-likeness (QED) is 0.796. The average Bonchev–Trinajstić information content (AvgIpc) is 2.39. The van der Waals surface area contributed by atoms with E-state index in [4.69, 9.17) is 4.74 Å². The van der Waals surface area contributed by atoms with Crippen molar-refractivity contribution in [3.63, 3.8) is 0 Å². The second-order valence-corrected chi connectivity index (χ2v) is 4.60. The third-order valence-electron chi connectivity index (χ3n) is 2.38. The lowest BCUT2D eigenvalue weighted by atomic mass is 10.2. The largest absolute Gasteiger partial charge is 0.488 e. The van der Waals surface area contributed by atoms with Gasteiger partial charge in [0, 0.05) is 0 Å². The number of para-hydroxylation sites is 1. The van der Waals surface area contributed by atoms with Crippen LogP contribution in [0.25, 0.3) is 0 Å². The molecule has 100 valence electrons. The zero-order valence-electron chi connectivity index (χ0n) is 9.85. The maximum atomic E-state index is 12.0. The zero-order chi connectivity index (χ0) is 13.7. The lowest BCUT2D eigenvalue weighted by Gasteiger charge is -2.09. The third kappa shape index (κ3) is 4.21. The highest BCUT2D eigenvalue weighted by atomic mass is 79.9. The van der Waals surface area contributed by atoms with E-state index in [-0.39, 0.29) is 5.75 Å². The van der Waals surface area contributed by atoms with Crippen LogP contribution in [0.1, 0.15) is 5.56 Å². The molecule has 0 spiro atoms. The molecule has 0 aliphatic rings. The molecule has 0 radical (unpaired) electrons. The molecule has 0 heterocycles. The summed E-state index contributed by atoms with van der Waals surface area (Å²) in [7, 11) is 0. The highest BCUT2D eigenvalue weighted by Crippen LogP contribution is 2.25. The number of alkyl halides is 2. The van der Waals surface area contributed by atoms with Gasteiger partial charge in [-0.2, -0.15) is 8.78 Å². The Balaban J connectivity index is 1.95. The van der Waals surface area contributed by atoms with Gasteiger partial charge in [0.1, 0.15) is 18.1 Å². The van der Waals surface area contributed by atoms with Gasteiger partial charge >= 0.3 is 6.61 Å². The van der Waals surface area contributed by atoms with E-state index >= 15 is 0 Å². The second-order valence-electron chi connectivity index (χ2n) is 3.74. The molecule has 0 fully saturated rings. The Labute approximate surface area is 118 Å². The van der Waals surface area contributed by atoms with Crippen LogP contribution >= 0.6 is 15.9 Å². The Hall–Kier alpha value is -1.62. The van der Waals surface area contributed by atoms with E-state index in [1.807, 2.05) is 24.3 Å². The summed E-state index contributed by atoms with van der Waals surface area (Å²) in [6.45, 7) is -2.44. The van der Waals surface area contributed by atoms with E-state index in [9.17, 15) is 8.78 Å². The normalized spacial score (nSPS) is 10.5. The summed E-state index contributed by atoms with van der Waals surface area (Å²) in [5.74, 6) is 0.870. The smallest absolute Gasteiger partial charge is 0.387 e. The SMILES string of the molecule is FC(F)Oc1ccc(COc2ccccc2Br)cc1. The summed E-state index contributed by atoms with van der Waals surface area (Å²) in [5, 5.41) is 0. The Morgan fingerprint density at radius 2 is 1.68 bits per heavy atom. The first-order valence-electron chi connectivity index (χ1n) is 5.56. The van der Waals surface area contributed by atoms with Crippen molar-refractivity contribution in [1.82, 2.24) is 0 Å². The molecule has 0 atom stereocenters. The fraction of sp³-hybridized carbons (Fsp3) is 0.143. The molecule has 0 aliphatic heterocycles. The number of halogens is 3. The lowest BCUT2D eigenvalue weighted by Crippen LogP contribution is -2.02. The minimum Gasteiger partial charge on any atom is -0.488 e. The van der Waals surface area contributed by atoms with Gasteiger partial charge in [-0.3, -0.25) is 0 Å². The fourth-order valence-corrected chi connectivity index (χ4v) is 1.89. The van der Waals surface area contributed by atoms with Crippen molar-refractivity contribution in [3.8, 4) is 11.5 Å². The van der Waals surface area contributed by atoms with Gasteiger partial charge in [-0.1, -0.05) is 24.3 Å². The molecule has 0 bridgehead atoms. The van der Waals surface area contributed by atoms with Crippen molar-refractivity contribution in [2.45, 2.75) is 13.2 Å². The number of benzene rings is 2. The van der Waals surface area contributed by atoms with E-state index < -0.39 is 6.61 Å². The van der Waals surface area contributed by atoms with Gasteiger partial charge in [0.05, 0.1) is 4.47 Å². The number of rotatable bonds is 5. The predicted octanol–water partition coefficient (Wildman–Crippen LogP) is 4.63. The Morgan fingerprint density at radius 1 is 1.00 bits per heavy atom. The molecule has 2 rings (SSSR count). The van der Waals surface area contributed by atoms with Crippen molar-refractivity contribution in [2.24, 2.45) is 0 Å². The highest BCUT2D eigenvalue weighted by Gasteiger charge is 2.04. The summed E-state index contributed by atoms with van der Waals surface area (Å²) < 4.78 is 34.7. The van der Waals surface area contributed by atoms with Crippen molar-refractivity contribution in [1.29, 1.82) is 0 Å². The van der Waals surface area contributed by atoms with Crippen LogP contribution in [0.2, 0.25) is 0 Å². The third-order valence-corrected chi connectivity index (χ3v) is 3.03. The predicted molar refractivity (Wildman–Crippen MR) is 71.5 cm³/mol. The molecule has 0 aromatic heterocycles. The maximum absolute atomic E-state index is 12.0. The first-order chi connectivity index (χ1) is 9.15. The molecule has 2 aromatic carbocycles. The standard InChI is InChI=1S/C14H11BrF2O2/c15-12-3-1-2-4-13(12)18-9-10-5-7-11(8-6-10)19-14(16)17/h1-8,14H,9H2. The van der Waals surface area contributed by atoms with Crippen LogP contribution in [-0.2, 0) is 6.61 Å². The van der Waals surface area contributed by atoms with Crippen LogP contribution in [0.3, 0.4) is 0 Å². The Kier molecular flexibility index (Phi) is 4.74. The van der Waals surface area contributed by atoms with E-state index in [0.29, 0.717) is 6.61 Å². The number of ether oxygens (including phenoxy) is 2. The molecule has 5 heteroatoms. The molecule has 0 amide bonds. The Bertz CT molecular complexity index is 529. The zero-order valence-corrected chi connectivity index (χ0v) is 11.4. The maximum Gasteiger partial charge on any atom is 0.387 e. The molecule has 2 nitrogen and oxygen atoms in total. The van der Waals surface area contributed by atoms with Gasteiger partial charge in [0.25, 0.3) is 0 Å². The minimum absolute atomic E-state index is 0.139. The van der Waals surface area contributed by atoms with E-state index in [2.05, 4.69) is 20.7 Å². The van der Waals surface area contributed by atoms with Gasteiger partial charge in [-0.25, -0.2) is 0 Å². The van der Waals surface area contributed by atoms with Crippen molar-refractivity contribution >= 4 is 15.9 Å². The molecule has 0 N–H and O–H groups in total. The van der Waals surface area contributed by atoms with Gasteiger partial charge in [0.15, 0.2) is 0 Å². The molecule has 2 aromatic rings. The fourth-order valence-electron chi connectivity index (χ4n) is 1.49. The first kappa shape index (κ1) is 13.8. The molecule has 0 aliphatic carbocycles. The van der Waals surface area contributed by atoms with Crippen molar-refractivity contribution in [3.05, 3.63) is 58.6 Å². The van der Waals surface area contributed by atoms with Gasteiger partial charge in [-0.05, 0) is 45.8 Å². The average molecular weight is 329 g/mol. The minimum atomic E-state index is -2.80. The second kappa shape index (κ2) is 6.52.